The van der Waals surface area contributed by atoms with E-state index >= 15 is 0 Å². The Morgan fingerprint density at radius 3 is 2.50 bits per heavy atom. The molecule has 0 saturated carbocycles. The molecule has 0 nitrogen and oxygen atoms in total. The van der Waals surface area contributed by atoms with Crippen LogP contribution in [0.3, 0.4) is 0 Å². The Morgan fingerprint density at radius 1 is 1.12 bits per heavy atom. The SMILES string of the molecule is [CH3][Zr]([CH3])[C]1(C)C=Cc2cc3c(cc21)CCC3. The summed E-state index contributed by atoms with van der Waals surface area (Å²) in [5.41, 5.74) is 6.42. The van der Waals surface area contributed by atoms with Crippen molar-refractivity contribution in [3.05, 3.63) is 40.5 Å². The van der Waals surface area contributed by atoms with Crippen molar-refractivity contribution in [3.63, 3.8) is 0 Å². The first-order chi connectivity index (χ1) is 7.61. The number of hydrogen-bond acceptors (Lipinski definition) is 0. The topological polar surface area (TPSA) is 0 Å². The molecule has 1 aromatic rings. The molecule has 1 heteroatoms. The molecule has 1 unspecified atom stereocenters. The van der Waals surface area contributed by atoms with Gasteiger partial charge in [0.2, 0.25) is 0 Å². The zero-order valence-electron chi connectivity index (χ0n) is 10.4. The van der Waals surface area contributed by atoms with Gasteiger partial charge in [0.05, 0.1) is 0 Å². The van der Waals surface area contributed by atoms with Gasteiger partial charge in [-0.2, -0.15) is 0 Å². The average molecular weight is 291 g/mol. The summed E-state index contributed by atoms with van der Waals surface area (Å²) in [6, 6.07) is 5.00. The third kappa shape index (κ3) is 1.44. The van der Waals surface area contributed by atoms with Crippen LogP contribution in [0.25, 0.3) is 6.08 Å². The predicted molar refractivity (Wildman–Crippen MR) is 66.6 cm³/mol. The molecule has 2 aliphatic carbocycles. The van der Waals surface area contributed by atoms with E-state index in [1.165, 1.54) is 24.8 Å². The first-order valence-corrected chi connectivity index (χ1v) is 12.4. The Bertz CT molecular complexity index is 471. The summed E-state index contributed by atoms with van der Waals surface area (Å²) in [6.45, 7) is 2.46. The summed E-state index contributed by atoms with van der Waals surface area (Å²) in [5, 5.41) is 0. The van der Waals surface area contributed by atoms with E-state index in [1.54, 1.807) is 16.7 Å². The second-order valence-corrected chi connectivity index (χ2v) is 13.1. The second kappa shape index (κ2) is 3.67. The zero-order chi connectivity index (χ0) is 11.3. The molecular weight excluding hydrogens is 271 g/mol. The van der Waals surface area contributed by atoms with Crippen LogP contribution in [0, 0.1) is 0 Å². The van der Waals surface area contributed by atoms with Gasteiger partial charge in [0.15, 0.2) is 0 Å². The summed E-state index contributed by atoms with van der Waals surface area (Å²) >= 11 is -1.25. The van der Waals surface area contributed by atoms with Crippen LogP contribution in [0.1, 0.15) is 35.6 Å². The molecule has 0 fully saturated rings. The summed E-state index contributed by atoms with van der Waals surface area (Å²) in [7, 11) is 0. The molecule has 2 aliphatic rings. The molecule has 0 bridgehead atoms. The Kier molecular flexibility index (Phi) is 2.51. The molecule has 3 rings (SSSR count). The zero-order valence-corrected chi connectivity index (χ0v) is 12.9. The minimum absolute atomic E-state index is 0.454. The van der Waals surface area contributed by atoms with E-state index in [1.807, 2.05) is 0 Å². The van der Waals surface area contributed by atoms with Crippen molar-refractivity contribution in [3.8, 4) is 0 Å². The number of allylic oxidation sites excluding steroid dienone is 1. The van der Waals surface area contributed by atoms with Gasteiger partial charge in [0.1, 0.15) is 0 Å². The summed E-state index contributed by atoms with van der Waals surface area (Å²) < 4.78 is 5.50. The van der Waals surface area contributed by atoms with Gasteiger partial charge in [-0.15, -0.1) is 0 Å². The summed E-state index contributed by atoms with van der Waals surface area (Å²) in [4.78, 5) is 0. The number of hydrogen-bond donors (Lipinski definition) is 0. The van der Waals surface area contributed by atoms with E-state index in [0.29, 0.717) is 3.12 Å². The van der Waals surface area contributed by atoms with E-state index in [2.05, 4.69) is 40.5 Å². The molecule has 0 aliphatic heterocycles. The molecule has 0 N–H and O–H groups in total. The van der Waals surface area contributed by atoms with E-state index in [0.717, 1.165) is 0 Å². The Labute approximate surface area is 106 Å². The second-order valence-electron chi connectivity index (χ2n) is 5.60. The van der Waals surface area contributed by atoms with Gasteiger partial charge in [-0.05, 0) is 0 Å². The molecule has 83 valence electrons. The molecule has 0 heterocycles. The molecular formula is C15H19Zr. The van der Waals surface area contributed by atoms with Gasteiger partial charge in [0.25, 0.3) is 0 Å². The molecule has 0 spiro atoms. The van der Waals surface area contributed by atoms with Gasteiger partial charge >= 0.3 is 107 Å². The van der Waals surface area contributed by atoms with Crippen LogP contribution >= 0.6 is 0 Å². The first-order valence-electron chi connectivity index (χ1n) is 6.27. The van der Waals surface area contributed by atoms with Crippen molar-refractivity contribution in [1.29, 1.82) is 0 Å². The molecule has 1 atom stereocenters. The van der Waals surface area contributed by atoms with Crippen molar-refractivity contribution >= 4 is 6.08 Å². The molecule has 1 aromatic carbocycles. The third-order valence-corrected chi connectivity index (χ3v) is 10.6. The van der Waals surface area contributed by atoms with E-state index in [4.69, 9.17) is 0 Å². The number of rotatable bonds is 1. The summed E-state index contributed by atoms with van der Waals surface area (Å²) in [5.74, 6) is 0. The Morgan fingerprint density at radius 2 is 1.81 bits per heavy atom. The van der Waals surface area contributed by atoms with Crippen molar-refractivity contribution < 1.29 is 21.8 Å². The molecule has 0 saturated heterocycles. The molecule has 0 amide bonds. The van der Waals surface area contributed by atoms with Crippen LogP contribution in [-0.2, 0) is 37.7 Å². The van der Waals surface area contributed by atoms with E-state index in [9.17, 15) is 0 Å². The average Bonchev–Trinajstić information content (AvgIpc) is 2.82. The predicted octanol–water partition coefficient (Wildman–Crippen LogP) is 4.13. The fourth-order valence-electron chi connectivity index (χ4n) is 3.01. The summed E-state index contributed by atoms with van der Waals surface area (Å²) in [6.07, 6.45) is 8.84. The van der Waals surface area contributed by atoms with Crippen LogP contribution in [0.2, 0.25) is 9.26 Å². The number of fused-ring (bicyclic) bond motifs is 2. The Hall–Kier alpha value is -0.157. The molecule has 0 aromatic heterocycles. The molecule has 0 radical (unpaired) electrons. The first kappa shape index (κ1) is 11.0. The van der Waals surface area contributed by atoms with Gasteiger partial charge < -0.3 is 0 Å². The maximum atomic E-state index is 2.53. The molecule has 16 heavy (non-hydrogen) atoms. The van der Waals surface area contributed by atoms with Crippen LogP contribution in [0.4, 0.5) is 0 Å². The van der Waals surface area contributed by atoms with E-state index in [-0.39, 0.29) is 0 Å². The van der Waals surface area contributed by atoms with Gasteiger partial charge in [0, 0.05) is 0 Å². The van der Waals surface area contributed by atoms with E-state index < -0.39 is 21.8 Å². The van der Waals surface area contributed by atoms with Crippen molar-refractivity contribution in [1.82, 2.24) is 0 Å². The standard InChI is InChI=1S/C13H13.2CH3.Zr/c1-9-5-6-12-7-10-3-2-4-11(10)8-13(9)12;;;/h5-8H,2-4H2,1H3;2*1H3;. The van der Waals surface area contributed by atoms with Gasteiger partial charge in [-0.25, -0.2) is 0 Å². The van der Waals surface area contributed by atoms with Crippen LogP contribution in [0.5, 0.6) is 0 Å². The van der Waals surface area contributed by atoms with Crippen molar-refractivity contribution in [2.75, 3.05) is 0 Å². The van der Waals surface area contributed by atoms with Crippen molar-refractivity contribution in [2.24, 2.45) is 0 Å². The number of aryl methyl sites for hydroxylation is 2. The maximum absolute atomic E-state index is 2.53. The fraction of sp³-hybridized carbons (Fsp3) is 0.467. The van der Waals surface area contributed by atoms with Gasteiger partial charge in [-0.1, -0.05) is 0 Å². The van der Waals surface area contributed by atoms with Crippen molar-refractivity contribution in [2.45, 2.75) is 38.6 Å². The number of benzene rings is 1. The Balaban J connectivity index is 2.16. The van der Waals surface area contributed by atoms with Gasteiger partial charge in [-0.3, -0.25) is 0 Å². The third-order valence-electron chi connectivity index (χ3n) is 4.46. The van der Waals surface area contributed by atoms with Crippen LogP contribution in [-0.4, -0.2) is 0 Å². The monoisotopic (exact) mass is 289 g/mol. The van der Waals surface area contributed by atoms with Crippen LogP contribution < -0.4 is 0 Å². The minimum atomic E-state index is -1.25. The fourth-order valence-corrected chi connectivity index (χ4v) is 5.89. The normalized spacial score (nSPS) is 25.7. The van der Waals surface area contributed by atoms with Crippen LogP contribution in [0.15, 0.2) is 18.2 Å². The quantitative estimate of drug-likeness (QED) is 0.729.